The average molecular weight is 396 g/mol. The van der Waals surface area contributed by atoms with E-state index in [1.54, 1.807) is 0 Å². The van der Waals surface area contributed by atoms with Gasteiger partial charge in [0.2, 0.25) is 0 Å². The molecule has 0 spiro atoms. The van der Waals surface area contributed by atoms with E-state index in [4.69, 9.17) is 4.99 Å². The summed E-state index contributed by atoms with van der Waals surface area (Å²) in [6, 6.07) is 8.66. The molecule has 2 aliphatic rings. The van der Waals surface area contributed by atoms with Crippen LogP contribution in [0.4, 0.5) is 0 Å². The van der Waals surface area contributed by atoms with E-state index in [-0.39, 0.29) is 12.0 Å². The summed E-state index contributed by atoms with van der Waals surface area (Å²) in [7, 11) is 0. The summed E-state index contributed by atoms with van der Waals surface area (Å²) in [5.41, 5.74) is 7.44. The summed E-state index contributed by atoms with van der Waals surface area (Å²) >= 11 is 0. The van der Waals surface area contributed by atoms with Gasteiger partial charge in [0.1, 0.15) is 0 Å². The first-order valence-electron chi connectivity index (χ1n) is 10.9. The fourth-order valence-electron chi connectivity index (χ4n) is 4.29. The molecule has 1 aromatic rings. The molecule has 154 valence electrons. The molecule has 3 atom stereocenters. The van der Waals surface area contributed by atoms with Crippen LogP contribution >= 0.6 is 0 Å². The summed E-state index contributed by atoms with van der Waals surface area (Å²) in [6.07, 6.45) is 21.5. The quantitative estimate of drug-likeness (QED) is 0.420. The van der Waals surface area contributed by atoms with E-state index in [9.17, 15) is 0 Å². The molecule has 0 heterocycles. The number of benzene rings is 1. The van der Waals surface area contributed by atoms with Crippen LogP contribution in [0.1, 0.15) is 44.7 Å². The first kappa shape index (κ1) is 21.8. The molecule has 0 bridgehead atoms. The van der Waals surface area contributed by atoms with Crippen LogP contribution in [0.3, 0.4) is 0 Å². The van der Waals surface area contributed by atoms with Crippen molar-refractivity contribution in [3.63, 3.8) is 0 Å². The lowest BCUT2D eigenvalue weighted by atomic mass is 9.78. The lowest BCUT2D eigenvalue weighted by molar-refractivity contribution is 0.640. The Morgan fingerprint density at radius 2 is 2.00 bits per heavy atom. The van der Waals surface area contributed by atoms with Gasteiger partial charge in [-0.25, -0.2) is 0 Å². The predicted molar refractivity (Wildman–Crippen MR) is 133 cm³/mol. The van der Waals surface area contributed by atoms with Crippen molar-refractivity contribution in [3.05, 3.63) is 114 Å². The van der Waals surface area contributed by atoms with E-state index < -0.39 is 0 Å². The molecule has 3 unspecified atom stereocenters. The SMILES string of the molecule is C=CCC1C=CC=C(/C(=C2\C=Cc3ccccc3C2=NC(C)/C=C/C)C(C)C=C)C1. The smallest absolute Gasteiger partial charge is 0.0735 e. The molecule has 30 heavy (non-hydrogen) atoms. The van der Waals surface area contributed by atoms with Crippen LogP contribution in [-0.4, -0.2) is 11.8 Å². The van der Waals surface area contributed by atoms with Crippen molar-refractivity contribution in [2.45, 2.75) is 39.7 Å². The van der Waals surface area contributed by atoms with Gasteiger partial charge in [-0.15, -0.1) is 13.2 Å². The summed E-state index contributed by atoms with van der Waals surface area (Å²) in [4.78, 5) is 5.16. The monoisotopic (exact) mass is 395 g/mol. The number of allylic oxidation sites excluding steroid dienone is 10. The third kappa shape index (κ3) is 4.79. The molecule has 1 nitrogen and oxygen atoms in total. The standard InChI is InChI=1S/C29H33N/c1-6-12-22(5)30-29-26-17-10-9-15-24(26)18-19-27(29)28(21(4)8-3)25-16-11-14-23(20-25)13-7-2/h6-12,14-19,21-23H,2-3,13,20H2,1,4-5H3/b12-6+,28-27+,30-29?. The van der Waals surface area contributed by atoms with Crippen LogP contribution in [0.25, 0.3) is 6.08 Å². The zero-order chi connectivity index (χ0) is 21.5. The van der Waals surface area contributed by atoms with E-state index in [1.807, 2.05) is 19.1 Å². The molecule has 0 fully saturated rings. The minimum absolute atomic E-state index is 0.119. The lowest BCUT2D eigenvalue weighted by Crippen LogP contribution is -2.18. The van der Waals surface area contributed by atoms with Crippen molar-refractivity contribution in [1.29, 1.82) is 0 Å². The Morgan fingerprint density at radius 3 is 2.73 bits per heavy atom. The molecule has 0 saturated carbocycles. The number of aliphatic imine (C=N–C) groups is 1. The van der Waals surface area contributed by atoms with Gasteiger partial charge in [0.05, 0.1) is 11.8 Å². The molecule has 1 aromatic carbocycles. The van der Waals surface area contributed by atoms with E-state index >= 15 is 0 Å². The molecule has 0 saturated heterocycles. The average Bonchev–Trinajstić information content (AvgIpc) is 2.76. The third-order valence-corrected chi connectivity index (χ3v) is 5.78. The maximum absolute atomic E-state index is 5.16. The first-order chi connectivity index (χ1) is 14.6. The van der Waals surface area contributed by atoms with Gasteiger partial charge in [0, 0.05) is 11.1 Å². The fraction of sp³-hybridized carbons (Fsp3) is 0.276. The van der Waals surface area contributed by atoms with Gasteiger partial charge >= 0.3 is 0 Å². The van der Waals surface area contributed by atoms with Crippen molar-refractivity contribution in [2.24, 2.45) is 16.8 Å². The maximum atomic E-state index is 5.16. The highest BCUT2D eigenvalue weighted by Crippen LogP contribution is 2.37. The van der Waals surface area contributed by atoms with Crippen LogP contribution < -0.4 is 0 Å². The number of hydrogen-bond donors (Lipinski definition) is 0. The van der Waals surface area contributed by atoms with Gasteiger partial charge in [0.25, 0.3) is 0 Å². The Balaban J connectivity index is 2.21. The molecule has 0 aromatic heterocycles. The normalized spacial score (nSPS) is 23.1. The first-order valence-corrected chi connectivity index (χ1v) is 10.9. The summed E-state index contributed by atoms with van der Waals surface area (Å²) < 4.78 is 0. The van der Waals surface area contributed by atoms with Crippen LogP contribution in [0.5, 0.6) is 0 Å². The Hall–Kier alpha value is -2.93. The van der Waals surface area contributed by atoms with Crippen LogP contribution in [-0.2, 0) is 0 Å². The maximum Gasteiger partial charge on any atom is 0.0735 e. The zero-order valence-corrected chi connectivity index (χ0v) is 18.5. The lowest BCUT2D eigenvalue weighted by Gasteiger charge is -2.27. The van der Waals surface area contributed by atoms with Gasteiger partial charge in [-0.2, -0.15) is 0 Å². The predicted octanol–water partition coefficient (Wildman–Crippen LogP) is 7.66. The van der Waals surface area contributed by atoms with Crippen LogP contribution in [0, 0.1) is 11.8 Å². The molecule has 2 aliphatic carbocycles. The fourth-order valence-corrected chi connectivity index (χ4v) is 4.29. The number of hydrogen-bond acceptors (Lipinski definition) is 1. The minimum Gasteiger partial charge on any atom is -0.277 e. The van der Waals surface area contributed by atoms with Crippen LogP contribution in [0.15, 0.2) is 108 Å². The minimum atomic E-state index is 0.119. The van der Waals surface area contributed by atoms with E-state index in [1.165, 1.54) is 27.8 Å². The molecule has 0 aliphatic heterocycles. The number of fused-ring (bicyclic) bond motifs is 1. The van der Waals surface area contributed by atoms with E-state index in [2.05, 4.69) is 93.8 Å². The molecule has 3 rings (SSSR count). The van der Waals surface area contributed by atoms with Gasteiger partial charge in [-0.1, -0.05) is 85.9 Å². The molecule has 0 amide bonds. The van der Waals surface area contributed by atoms with Crippen molar-refractivity contribution in [1.82, 2.24) is 0 Å². The second-order valence-electron chi connectivity index (χ2n) is 8.08. The van der Waals surface area contributed by atoms with Crippen LogP contribution in [0.2, 0.25) is 0 Å². The van der Waals surface area contributed by atoms with Crippen molar-refractivity contribution in [2.75, 3.05) is 0 Å². The summed E-state index contributed by atoms with van der Waals surface area (Å²) in [5, 5.41) is 0. The summed E-state index contributed by atoms with van der Waals surface area (Å²) in [5.74, 6) is 0.733. The Bertz CT molecular complexity index is 977. The molecule has 1 heteroatoms. The van der Waals surface area contributed by atoms with Crippen molar-refractivity contribution in [3.8, 4) is 0 Å². The highest BCUT2D eigenvalue weighted by molar-refractivity contribution is 6.19. The highest BCUT2D eigenvalue weighted by atomic mass is 14.8. The Labute approximate surface area is 182 Å². The summed E-state index contributed by atoms with van der Waals surface area (Å²) in [6.45, 7) is 14.5. The van der Waals surface area contributed by atoms with Gasteiger partial charge < -0.3 is 0 Å². The zero-order valence-electron chi connectivity index (χ0n) is 18.5. The van der Waals surface area contributed by atoms with Crippen molar-refractivity contribution < 1.29 is 0 Å². The molecular weight excluding hydrogens is 362 g/mol. The molecule has 0 N–H and O–H groups in total. The van der Waals surface area contributed by atoms with E-state index in [0.29, 0.717) is 5.92 Å². The highest BCUT2D eigenvalue weighted by Gasteiger charge is 2.25. The third-order valence-electron chi connectivity index (χ3n) is 5.78. The Kier molecular flexibility index (Phi) is 7.41. The van der Waals surface area contributed by atoms with Gasteiger partial charge in [-0.05, 0) is 55.2 Å². The largest absolute Gasteiger partial charge is 0.277 e. The molecular formula is C29H33N. The molecule has 0 radical (unpaired) electrons. The second-order valence-corrected chi connectivity index (χ2v) is 8.08. The van der Waals surface area contributed by atoms with Gasteiger partial charge in [0.15, 0.2) is 0 Å². The van der Waals surface area contributed by atoms with E-state index in [0.717, 1.165) is 18.6 Å². The number of rotatable bonds is 7. The topological polar surface area (TPSA) is 12.4 Å². The second kappa shape index (κ2) is 10.2. The van der Waals surface area contributed by atoms with Crippen molar-refractivity contribution >= 4 is 11.8 Å². The van der Waals surface area contributed by atoms with Gasteiger partial charge in [-0.3, -0.25) is 4.99 Å². The Morgan fingerprint density at radius 1 is 1.20 bits per heavy atom. The number of nitrogens with zero attached hydrogens (tertiary/aromatic N) is 1.